The van der Waals surface area contributed by atoms with Crippen LogP contribution in [0.4, 0.5) is 5.69 Å². The first-order valence-electron chi connectivity index (χ1n) is 5.03. The molecule has 0 saturated heterocycles. The first-order valence-corrected chi connectivity index (χ1v) is 5.03. The fourth-order valence-electron chi connectivity index (χ4n) is 1.39. The molecular weight excluding hydrogens is 186 g/mol. The van der Waals surface area contributed by atoms with Crippen molar-refractivity contribution >= 4 is 17.2 Å². The second-order valence-electron chi connectivity index (χ2n) is 3.67. The number of nitrogens with zero attached hydrogens (tertiary/aromatic N) is 1. The third-order valence-electron chi connectivity index (χ3n) is 2.12. The second kappa shape index (κ2) is 4.73. The average Bonchev–Trinajstić information content (AvgIpc) is 2.17. The monoisotopic (exact) mass is 203 g/mol. The topological polar surface area (TPSA) is 62.2 Å². The Morgan fingerprint density at radius 1 is 1.40 bits per heavy atom. The van der Waals surface area contributed by atoms with Crippen molar-refractivity contribution in [2.24, 2.45) is 10.7 Å². The quantitative estimate of drug-likeness (QED) is 0.575. The van der Waals surface area contributed by atoms with E-state index in [1.54, 1.807) is 0 Å². The highest BCUT2D eigenvalue weighted by molar-refractivity contribution is 5.95. The molecule has 0 fully saturated rings. The number of aryl methyl sites for hydroxylation is 1. The molecule has 3 nitrogen and oxygen atoms in total. The number of rotatable bonds is 3. The molecule has 0 radical (unpaired) electrons. The molecule has 0 bridgehead atoms. The Labute approximate surface area is 90.5 Å². The summed E-state index contributed by atoms with van der Waals surface area (Å²) in [6.07, 6.45) is 0.896. The molecule has 0 aliphatic carbocycles. The van der Waals surface area contributed by atoms with Gasteiger partial charge in [0.25, 0.3) is 0 Å². The lowest BCUT2D eigenvalue weighted by atomic mass is 10.1. The Kier molecular flexibility index (Phi) is 3.61. The molecule has 80 valence electrons. The van der Waals surface area contributed by atoms with Crippen LogP contribution >= 0.6 is 0 Å². The van der Waals surface area contributed by atoms with E-state index in [0.717, 1.165) is 28.9 Å². The lowest BCUT2D eigenvalue weighted by Gasteiger charge is -2.06. The molecule has 0 spiro atoms. The minimum absolute atomic E-state index is 0.105. The van der Waals surface area contributed by atoms with Crippen LogP contribution in [0.1, 0.15) is 31.9 Å². The Morgan fingerprint density at radius 3 is 2.53 bits per heavy atom. The van der Waals surface area contributed by atoms with Crippen molar-refractivity contribution in [3.05, 3.63) is 29.3 Å². The lowest BCUT2D eigenvalue weighted by molar-refractivity contribution is 1.13. The summed E-state index contributed by atoms with van der Waals surface area (Å²) >= 11 is 0. The number of hydrogen-bond donors (Lipinski definition) is 2. The fourth-order valence-corrected chi connectivity index (χ4v) is 1.39. The Balaban J connectivity index is 3.21. The van der Waals surface area contributed by atoms with E-state index in [-0.39, 0.29) is 5.84 Å². The number of nitrogen functional groups attached to an aromatic ring is 1. The van der Waals surface area contributed by atoms with Gasteiger partial charge >= 0.3 is 0 Å². The minimum atomic E-state index is 0.105. The highest BCUT2D eigenvalue weighted by Crippen LogP contribution is 2.21. The molecule has 0 atom stereocenters. The van der Waals surface area contributed by atoms with E-state index in [1.807, 2.05) is 32.0 Å². The van der Waals surface area contributed by atoms with Crippen molar-refractivity contribution in [2.45, 2.75) is 27.2 Å². The van der Waals surface area contributed by atoms with Crippen molar-refractivity contribution < 1.29 is 0 Å². The smallest absolute Gasteiger partial charge is 0.122 e. The van der Waals surface area contributed by atoms with Gasteiger partial charge in [-0.15, -0.1) is 0 Å². The molecule has 0 heterocycles. The summed E-state index contributed by atoms with van der Waals surface area (Å²) < 4.78 is 0. The van der Waals surface area contributed by atoms with Gasteiger partial charge in [0.2, 0.25) is 0 Å². The number of hydrogen-bond acceptors (Lipinski definition) is 2. The van der Waals surface area contributed by atoms with Crippen LogP contribution in [0.2, 0.25) is 0 Å². The molecule has 0 aliphatic heterocycles. The summed E-state index contributed by atoms with van der Waals surface area (Å²) in [4.78, 5) is 4.44. The van der Waals surface area contributed by atoms with E-state index < -0.39 is 0 Å². The Hall–Kier alpha value is -1.64. The molecule has 1 rings (SSSR count). The van der Waals surface area contributed by atoms with E-state index in [9.17, 15) is 0 Å². The second-order valence-corrected chi connectivity index (χ2v) is 3.67. The molecular formula is C12H17N3. The van der Waals surface area contributed by atoms with E-state index >= 15 is 0 Å². The van der Waals surface area contributed by atoms with Gasteiger partial charge in [-0.05, 0) is 44.0 Å². The van der Waals surface area contributed by atoms with E-state index in [2.05, 4.69) is 11.9 Å². The Bertz CT molecular complexity index is 401. The maximum absolute atomic E-state index is 7.36. The maximum atomic E-state index is 7.36. The van der Waals surface area contributed by atoms with Crippen LogP contribution in [0, 0.1) is 5.41 Å². The zero-order valence-corrected chi connectivity index (χ0v) is 9.46. The molecule has 3 heteroatoms. The van der Waals surface area contributed by atoms with Crippen molar-refractivity contribution in [1.82, 2.24) is 0 Å². The lowest BCUT2D eigenvalue weighted by Crippen LogP contribution is -2.11. The predicted octanol–water partition coefficient (Wildman–Crippen LogP) is 2.65. The molecule has 0 aliphatic rings. The molecule has 0 unspecified atom stereocenters. The average molecular weight is 203 g/mol. The van der Waals surface area contributed by atoms with Crippen LogP contribution in [0.25, 0.3) is 0 Å². The van der Waals surface area contributed by atoms with E-state index in [1.165, 1.54) is 0 Å². The summed E-state index contributed by atoms with van der Waals surface area (Å²) in [5, 5.41) is 7.36. The standard InChI is InChI=1S/C12H17N3/c1-4-9-7-10(12(13)14)5-6-11(9)15-8(2)3/h5-7H,4H2,1-3H3,(H3,13,14). The van der Waals surface area contributed by atoms with Crippen molar-refractivity contribution in [3.63, 3.8) is 0 Å². The predicted molar refractivity (Wildman–Crippen MR) is 65.3 cm³/mol. The van der Waals surface area contributed by atoms with E-state index in [4.69, 9.17) is 11.1 Å². The SMILES string of the molecule is CCc1cc(C(=N)N)ccc1N=C(C)C. The van der Waals surface area contributed by atoms with Crippen molar-refractivity contribution in [1.29, 1.82) is 5.41 Å². The minimum Gasteiger partial charge on any atom is -0.384 e. The zero-order chi connectivity index (χ0) is 11.4. The van der Waals surface area contributed by atoms with Gasteiger partial charge < -0.3 is 5.73 Å². The van der Waals surface area contributed by atoms with Crippen LogP contribution in [0.15, 0.2) is 23.2 Å². The van der Waals surface area contributed by atoms with Crippen molar-refractivity contribution in [2.75, 3.05) is 0 Å². The molecule has 3 N–H and O–H groups in total. The van der Waals surface area contributed by atoms with Crippen LogP contribution in [0.3, 0.4) is 0 Å². The van der Waals surface area contributed by atoms with Gasteiger partial charge in [0.05, 0.1) is 5.69 Å². The number of amidine groups is 1. The third kappa shape index (κ3) is 2.91. The number of nitrogens with one attached hydrogen (secondary N) is 1. The van der Waals surface area contributed by atoms with Gasteiger partial charge in [-0.2, -0.15) is 0 Å². The first kappa shape index (κ1) is 11.4. The van der Waals surface area contributed by atoms with Crippen LogP contribution < -0.4 is 5.73 Å². The van der Waals surface area contributed by atoms with Crippen LogP contribution in [-0.2, 0) is 6.42 Å². The normalized spacial score (nSPS) is 9.80. The summed E-state index contributed by atoms with van der Waals surface area (Å²) in [5.74, 6) is 0.105. The molecule has 15 heavy (non-hydrogen) atoms. The number of benzene rings is 1. The highest BCUT2D eigenvalue weighted by Gasteiger charge is 2.03. The van der Waals surface area contributed by atoms with Gasteiger partial charge in [-0.3, -0.25) is 10.4 Å². The summed E-state index contributed by atoms with van der Waals surface area (Å²) in [7, 11) is 0. The highest BCUT2D eigenvalue weighted by atomic mass is 14.7. The first-order chi connectivity index (χ1) is 7.04. The largest absolute Gasteiger partial charge is 0.384 e. The van der Waals surface area contributed by atoms with Gasteiger partial charge in [-0.25, -0.2) is 0 Å². The summed E-state index contributed by atoms with van der Waals surface area (Å²) in [5.41, 5.74) is 9.33. The fraction of sp³-hybridized carbons (Fsp3) is 0.333. The van der Waals surface area contributed by atoms with Crippen molar-refractivity contribution in [3.8, 4) is 0 Å². The molecule has 0 saturated carbocycles. The maximum Gasteiger partial charge on any atom is 0.122 e. The zero-order valence-electron chi connectivity index (χ0n) is 9.46. The third-order valence-corrected chi connectivity index (χ3v) is 2.12. The van der Waals surface area contributed by atoms with Crippen LogP contribution in [0.5, 0.6) is 0 Å². The van der Waals surface area contributed by atoms with Gasteiger partial charge in [-0.1, -0.05) is 6.92 Å². The Morgan fingerprint density at radius 2 is 2.07 bits per heavy atom. The molecule has 1 aromatic carbocycles. The van der Waals surface area contributed by atoms with Gasteiger partial charge in [0, 0.05) is 11.3 Å². The van der Waals surface area contributed by atoms with Gasteiger partial charge in [0.1, 0.15) is 5.84 Å². The molecule has 0 amide bonds. The number of aliphatic imine (C=N–C) groups is 1. The summed E-state index contributed by atoms with van der Waals surface area (Å²) in [6, 6.07) is 5.69. The molecule has 0 aromatic heterocycles. The van der Waals surface area contributed by atoms with E-state index in [0.29, 0.717) is 0 Å². The number of nitrogens with two attached hydrogens (primary N) is 1. The molecule has 1 aromatic rings. The van der Waals surface area contributed by atoms with Gasteiger partial charge in [0.15, 0.2) is 0 Å². The summed E-state index contributed by atoms with van der Waals surface area (Å²) in [6.45, 7) is 6.01. The van der Waals surface area contributed by atoms with Crippen LogP contribution in [-0.4, -0.2) is 11.5 Å².